The van der Waals surface area contributed by atoms with Crippen LogP contribution in [0.3, 0.4) is 0 Å². The van der Waals surface area contributed by atoms with Crippen LogP contribution in [-0.4, -0.2) is 17.4 Å². The third-order valence-corrected chi connectivity index (χ3v) is 4.87. The van der Waals surface area contributed by atoms with E-state index in [-0.39, 0.29) is 12.5 Å². The topological polar surface area (TPSA) is 42.7 Å². The Labute approximate surface area is 164 Å². The Morgan fingerprint density at radius 2 is 1.85 bits per heavy atom. The van der Waals surface area contributed by atoms with Gasteiger partial charge >= 0.3 is 0 Å². The normalized spacial score (nSPS) is 10.6. The summed E-state index contributed by atoms with van der Waals surface area (Å²) < 4.78 is 11.2. The van der Waals surface area contributed by atoms with Crippen LogP contribution in [0.2, 0.25) is 5.02 Å². The van der Waals surface area contributed by atoms with Crippen molar-refractivity contribution in [3.05, 3.63) is 88.3 Å². The molecule has 0 aliphatic carbocycles. The van der Waals surface area contributed by atoms with Gasteiger partial charge in [0.15, 0.2) is 6.61 Å². The first kappa shape index (κ1) is 19.1. The quantitative estimate of drug-likeness (QED) is 0.566. The van der Waals surface area contributed by atoms with Gasteiger partial charge in [-0.25, -0.2) is 0 Å². The Hall–Kier alpha value is -2.72. The molecule has 0 unspecified atom stereocenters. The van der Waals surface area contributed by atoms with Gasteiger partial charge in [-0.1, -0.05) is 41.9 Å². The van der Waals surface area contributed by atoms with E-state index < -0.39 is 0 Å². The van der Waals surface area contributed by atoms with Crippen LogP contribution in [-0.2, 0) is 17.9 Å². The first-order valence-electron chi connectivity index (χ1n) is 8.77. The van der Waals surface area contributed by atoms with E-state index in [4.69, 9.17) is 20.8 Å². The van der Waals surface area contributed by atoms with Gasteiger partial charge in [0, 0.05) is 11.6 Å². The monoisotopic (exact) mass is 383 g/mol. The van der Waals surface area contributed by atoms with Crippen LogP contribution < -0.4 is 4.74 Å². The zero-order valence-corrected chi connectivity index (χ0v) is 16.2. The maximum Gasteiger partial charge on any atom is 0.261 e. The number of hydrogen-bond donors (Lipinski definition) is 0. The van der Waals surface area contributed by atoms with Crippen LogP contribution in [0.15, 0.2) is 65.3 Å². The molecule has 0 fully saturated rings. The first-order chi connectivity index (χ1) is 13.0. The molecule has 3 rings (SSSR count). The van der Waals surface area contributed by atoms with Gasteiger partial charge in [-0.05, 0) is 54.8 Å². The molecule has 0 radical (unpaired) electrons. The molecule has 0 bridgehead atoms. The maximum atomic E-state index is 12.9. The molecule has 1 amide bonds. The van der Waals surface area contributed by atoms with Gasteiger partial charge in [0.25, 0.3) is 5.91 Å². The Morgan fingerprint density at radius 1 is 1.04 bits per heavy atom. The number of benzene rings is 2. The Balaban J connectivity index is 1.74. The minimum absolute atomic E-state index is 0.0462. The largest absolute Gasteiger partial charge is 0.483 e. The Bertz CT molecular complexity index is 906. The lowest BCUT2D eigenvalue weighted by molar-refractivity contribution is -0.134. The van der Waals surface area contributed by atoms with Crippen molar-refractivity contribution in [1.29, 1.82) is 0 Å². The van der Waals surface area contributed by atoms with Crippen molar-refractivity contribution in [2.24, 2.45) is 0 Å². The van der Waals surface area contributed by atoms with Crippen molar-refractivity contribution < 1.29 is 13.9 Å². The third-order valence-electron chi connectivity index (χ3n) is 4.50. The zero-order chi connectivity index (χ0) is 19.2. The van der Waals surface area contributed by atoms with Gasteiger partial charge in [-0.3, -0.25) is 4.79 Å². The Kier molecular flexibility index (Phi) is 6.20. The molecule has 5 heteroatoms. The highest BCUT2D eigenvalue weighted by molar-refractivity contribution is 6.31. The molecule has 0 N–H and O–H groups in total. The fourth-order valence-electron chi connectivity index (χ4n) is 2.77. The summed E-state index contributed by atoms with van der Waals surface area (Å²) in [5, 5.41) is 0.630. The summed E-state index contributed by atoms with van der Waals surface area (Å²) in [6.45, 7) is 4.70. The molecule has 0 aliphatic rings. The fraction of sp³-hybridized carbons (Fsp3) is 0.227. The average Bonchev–Trinajstić information content (AvgIpc) is 3.17. The molecule has 2 aromatic carbocycles. The van der Waals surface area contributed by atoms with Crippen molar-refractivity contribution in [3.8, 4) is 5.75 Å². The van der Waals surface area contributed by atoms with Crippen molar-refractivity contribution >= 4 is 17.5 Å². The number of nitrogens with zero attached hydrogens (tertiary/aromatic N) is 1. The van der Waals surface area contributed by atoms with Gasteiger partial charge in [0.05, 0.1) is 12.8 Å². The lowest BCUT2D eigenvalue weighted by Crippen LogP contribution is -2.34. The van der Waals surface area contributed by atoms with E-state index in [1.165, 1.54) is 0 Å². The second-order valence-electron chi connectivity index (χ2n) is 6.41. The number of amides is 1. The maximum absolute atomic E-state index is 12.9. The number of rotatable bonds is 7. The second kappa shape index (κ2) is 8.78. The molecule has 140 valence electrons. The standard InChI is InChI=1S/C22H22ClNO3/c1-16-7-5-11-21(17(16)2)27-15-22(25)24(14-19-9-6-12-26-19)13-18-8-3-4-10-20(18)23/h3-12H,13-15H2,1-2H3. The molecule has 0 aliphatic heterocycles. The van der Waals surface area contributed by atoms with E-state index in [0.717, 1.165) is 22.4 Å². The average molecular weight is 384 g/mol. The smallest absolute Gasteiger partial charge is 0.261 e. The molecule has 0 spiro atoms. The molecule has 1 heterocycles. The minimum Gasteiger partial charge on any atom is -0.483 e. The molecule has 0 atom stereocenters. The molecule has 27 heavy (non-hydrogen) atoms. The van der Waals surface area contributed by atoms with Crippen LogP contribution in [0.5, 0.6) is 5.75 Å². The SMILES string of the molecule is Cc1cccc(OCC(=O)N(Cc2ccco2)Cc2ccccc2Cl)c1C. The summed E-state index contributed by atoms with van der Waals surface area (Å²) in [5.41, 5.74) is 3.04. The second-order valence-corrected chi connectivity index (χ2v) is 6.81. The molecule has 3 aromatic rings. The third kappa shape index (κ3) is 4.92. The van der Waals surface area contributed by atoms with Gasteiger partial charge in [-0.2, -0.15) is 0 Å². The van der Waals surface area contributed by atoms with Crippen LogP contribution in [0.4, 0.5) is 0 Å². The van der Waals surface area contributed by atoms with Crippen LogP contribution in [0, 0.1) is 13.8 Å². The predicted molar refractivity (Wildman–Crippen MR) is 106 cm³/mol. The van der Waals surface area contributed by atoms with Crippen LogP contribution >= 0.6 is 11.6 Å². The highest BCUT2D eigenvalue weighted by Crippen LogP contribution is 2.22. The predicted octanol–water partition coefficient (Wildman–Crippen LogP) is 5.16. The first-order valence-corrected chi connectivity index (χ1v) is 9.15. The number of hydrogen-bond acceptors (Lipinski definition) is 3. The van der Waals surface area contributed by atoms with Gasteiger partial charge in [-0.15, -0.1) is 0 Å². The highest BCUT2D eigenvalue weighted by Gasteiger charge is 2.18. The molecule has 4 nitrogen and oxygen atoms in total. The fourth-order valence-corrected chi connectivity index (χ4v) is 2.96. The minimum atomic E-state index is -0.132. The number of carbonyl (C=O) groups excluding carboxylic acids is 1. The Morgan fingerprint density at radius 3 is 2.59 bits per heavy atom. The van der Waals surface area contributed by atoms with Gasteiger partial charge in [0.1, 0.15) is 11.5 Å². The lowest BCUT2D eigenvalue weighted by atomic mass is 10.1. The lowest BCUT2D eigenvalue weighted by Gasteiger charge is -2.23. The van der Waals surface area contributed by atoms with Gasteiger partial charge < -0.3 is 14.1 Å². The number of aryl methyl sites for hydroxylation is 1. The molecule has 0 saturated heterocycles. The van der Waals surface area contributed by atoms with Crippen molar-refractivity contribution in [3.63, 3.8) is 0 Å². The number of carbonyl (C=O) groups is 1. The van der Waals surface area contributed by atoms with E-state index in [1.54, 1.807) is 17.2 Å². The molecule has 0 saturated carbocycles. The van der Waals surface area contributed by atoms with Crippen LogP contribution in [0.25, 0.3) is 0 Å². The number of ether oxygens (including phenoxy) is 1. The van der Waals surface area contributed by atoms with Gasteiger partial charge in [0.2, 0.25) is 0 Å². The number of furan rings is 1. The molecular formula is C22H22ClNO3. The van der Waals surface area contributed by atoms with E-state index in [0.29, 0.717) is 23.9 Å². The summed E-state index contributed by atoms with van der Waals surface area (Å²) in [6.07, 6.45) is 1.60. The zero-order valence-electron chi connectivity index (χ0n) is 15.4. The van der Waals surface area contributed by atoms with Crippen molar-refractivity contribution in [1.82, 2.24) is 4.90 Å². The molecular weight excluding hydrogens is 362 g/mol. The van der Waals surface area contributed by atoms with Crippen LogP contribution in [0.1, 0.15) is 22.5 Å². The van der Waals surface area contributed by atoms with E-state index in [9.17, 15) is 4.79 Å². The van der Waals surface area contributed by atoms with E-state index >= 15 is 0 Å². The van der Waals surface area contributed by atoms with Crippen molar-refractivity contribution in [2.75, 3.05) is 6.61 Å². The highest BCUT2D eigenvalue weighted by atomic mass is 35.5. The molecule has 1 aromatic heterocycles. The number of halogens is 1. The summed E-state index contributed by atoms with van der Waals surface area (Å²) >= 11 is 6.27. The summed E-state index contributed by atoms with van der Waals surface area (Å²) in [6, 6.07) is 17.0. The van der Waals surface area contributed by atoms with E-state index in [1.807, 2.05) is 62.4 Å². The van der Waals surface area contributed by atoms with Crippen molar-refractivity contribution in [2.45, 2.75) is 26.9 Å². The summed E-state index contributed by atoms with van der Waals surface area (Å²) in [4.78, 5) is 14.6. The summed E-state index contributed by atoms with van der Waals surface area (Å²) in [7, 11) is 0. The van der Waals surface area contributed by atoms with E-state index in [2.05, 4.69) is 0 Å². The summed E-state index contributed by atoms with van der Waals surface area (Å²) in [5.74, 6) is 1.30.